The van der Waals surface area contributed by atoms with Crippen LogP contribution in [0.4, 0.5) is 0 Å². The number of methoxy groups -OCH3 is 1. The molecule has 1 aromatic heterocycles. The van der Waals surface area contributed by atoms with E-state index in [1.165, 1.54) is 16.5 Å². The van der Waals surface area contributed by atoms with Gasteiger partial charge in [0, 0.05) is 5.39 Å². The van der Waals surface area contributed by atoms with E-state index in [4.69, 9.17) is 4.74 Å². The van der Waals surface area contributed by atoms with Crippen molar-refractivity contribution in [1.82, 2.24) is 4.23 Å². The molecule has 0 unspecified atom stereocenters. The van der Waals surface area contributed by atoms with Crippen LogP contribution in [-0.2, 0) is 0 Å². The molecule has 2 rings (SSSR count). The average Bonchev–Trinajstić information content (AvgIpc) is 2.85. The maximum Gasteiger partial charge on any atom is 0.169 e. The lowest BCUT2D eigenvalue weighted by Crippen LogP contribution is -2.51. The third-order valence-corrected chi connectivity index (χ3v) is 12.2. The number of benzene rings is 1. The average molecular weight is 318 g/mol. The Kier molecular flexibility index (Phi) is 4.76. The van der Waals surface area contributed by atoms with Crippen LogP contribution in [0, 0.1) is 6.92 Å². The Bertz CT molecular complexity index is 633. The molecule has 0 amide bonds. The van der Waals surface area contributed by atoms with E-state index in [-0.39, 0.29) is 0 Å². The van der Waals surface area contributed by atoms with E-state index in [9.17, 15) is 0 Å². The molecule has 1 aromatic carbocycles. The maximum absolute atomic E-state index is 5.72. The maximum atomic E-state index is 5.72. The molecule has 2 nitrogen and oxygen atoms in total. The molecule has 1 heterocycles. The molecule has 122 valence electrons. The van der Waals surface area contributed by atoms with Gasteiger partial charge in [-0.1, -0.05) is 47.6 Å². The zero-order valence-electron chi connectivity index (χ0n) is 15.4. The van der Waals surface area contributed by atoms with Crippen LogP contribution in [0.25, 0.3) is 10.9 Å². The molecule has 0 saturated carbocycles. The third-order valence-electron chi connectivity index (χ3n) is 5.44. The van der Waals surface area contributed by atoms with Crippen LogP contribution in [0.1, 0.15) is 47.1 Å². The van der Waals surface area contributed by atoms with E-state index in [1.807, 2.05) is 0 Å². The van der Waals surface area contributed by atoms with Crippen LogP contribution >= 0.6 is 0 Å². The fourth-order valence-corrected chi connectivity index (χ4v) is 11.3. The Morgan fingerprint density at radius 1 is 0.909 bits per heavy atom. The zero-order chi connectivity index (χ0) is 16.7. The molecule has 0 N–H and O–H groups in total. The smallest absolute Gasteiger partial charge is 0.169 e. The standard InChI is InChI=1S/C19H31NOSi/c1-13(2)22(14(3)4,15(5)6)20-12-11-17-16(7)9-10-18(21-8)19(17)20/h9-15H,1-8H3. The molecule has 2 aromatic rings. The van der Waals surface area contributed by atoms with Gasteiger partial charge in [0.25, 0.3) is 0 Å². The lowest BCUT2D eigenvalue weighted by Gasteiger charge is -2.44. The first-order valence-electron chi connectivity index (χ1n) is 8.43. The highest BCUT2D eigenvalue weighted by atomic mass is 28.3. The second-order valence-corrected chi connectivity index (χ2v) is 13.1. The van der Waals surface area contributed by atoms with Crippen molar-refractivity contribution in [2.45, 2.75) is 65.1 Å². The van der Waals surface area contributed by atoms with Crippen LogP contribution in [-0.4, -0.2) is 19.6 Å². The Hall–Kier alpha value is -1.22. The predicted molar refractivity (Wildman–Crippen MR) is 99.7 cm³/mol. The van der Waals surface area contributed by atoms with Gasteiger partial charge in [-0.05, 0) is 47.4 Å². The van der Waals surface area contributed by atoms with Crippen molar-refractivity contribution in [3.8, 4) is 5.75 Å². The first kappa shape index (κ1) is 17.1. The summed E-state index contributed by atoms with van der Waals surface area (Å²) in [7, 11) is 0.0327. The van der Waals surface area contributed by atoms with Crippen molar-refractivity contribution >= 4 is 19.1 Å². The number of aromatic nitrogens is 1. The molecular formula is C19H31NOSi. The van der Waals surface area contributed by atoms with Crippen molar-refractivity contribution in [1.29, 1.82) is 0 Å². The summed E-state index contributed by atoms with van der Waals surface area (Å²) in [6.07, 6.45) is 2.33. The summed E-state index contributed by atoms with van der Waals surface area (Å²) < 4.78 is 8.35. The van der Waals surface area contributed by atoms with Gasteiger partial charge in [-0.15, -0.1) is 0 Å². The summed E-state index contributed by atoms with van der Waals surface area (Å²) >= 11 is 0. The van der Waals surface area contributed by atoms with Gasteiger partial charge in [0.1, 0.15) is 5.75 Å². The summed E-state index contributed by atoms with van der Waals surface area (Å²) in [5, 5.41) is 1.33. The Labute approximate surface area is 136 Å². The molecule has 0 bridgehead atoms. The predicted octanol–water partition coefficient (Wildman–Crippen LogP) is 5.98. The van der Waals surface area contributed by atoms with E-state index in [0.717, 1.165) is 5.75 Å². The van der Waals surface area contributed by atoms with E-state index in [2.05, 4.69) is 77.1 Å². The Morgan fingerprint density at radius 3 is 1.91 bits per heavy atom. The van der Waals surface area contributed by atoms with Crippen LogP contribution in [0.2, 0.25) is 16.6 Å². The van der Waals surface area contributed by atoms with Crippen LogP contribution in [0.5, 0.6) is 5.75 Å². The van der Waals surface area contributed by atoms with Gasteiger partial charge in [-0.3, -0.25) is 0 Å². The summed E-state index contributed by atoms with van der Waals surface area (Å²) in [6, 6.07) is 6.56. The van der Waals surface area contributed by atoms with Crippen LogP contribution in [0.15, 0.2) is 24.4 Å². The van der Waals surface area contributed by atoms with Crippen molar-refractivity contribution in [3.05, 3.63) is 30.0 Å². The minimum atomic E-state index is -1.75. The Morgan fingerprint density at radius 2 is 1.45 bits per heavy atom. The third kappa shape index (κ3) is 2.30. The van der Waals surface area contributed by atoms with Gasteiger partial charge < -0.3 is 8.97 Å². The van der Waals surface area contributed by atoms with E-state index in [1.54, 1.807) is 7.11 Å². The quantitative estimate of drug-likeness (QED) is 0.618. The number of fused-ring (bicyclic) bond motifs is 1. The highest BCUT2D eigenvalue weighted by Gasteiger charge is 2.46. The normalized spacial score (nSPS) is 12.9. The molecule has 3 heteroatoms. The topological polar surface area (TPSA) is 14.2 Å². The molecule has 0 saturated heterocycles. The molecule has 0 radical (unpaired) electrons. The minimum Gasteiger partial charge on any atom is -0.495 e. The minimum absolute atomic E-state index is 0.674. The molecule has 0 aliphatic rings. The lowest BCUT2D eigenvalue weighted by atomic mass is 10.1. The number of rotatable bonds is 5. The van der Waals surface area contributed by atoms with Crippen molar-refractivity contribution in [2.24, 2.45) is 0 Å². The highest BCUT2D eigenvalue weighted by Crippen LogP contribution is 2.45. The fraction of sp³-hybridized carbons (Fsp3) is 0.579. The fourth-order valence-electron chi connectivity index (χ4n) is 4.69. The highest BCUT2D eigenvalue weighted by molar-refractivity contribution is 6.82. The van der Waals surface area contributed by atoms with Crippen molar-refractivity contribution in [3.63, 3.8) is 0 Å². The van der Waals surface area contributed by atoms with Crippen molar-refractivity contribution in [2.75, 3.05) is 7.11 Å². The van der Waals surface area contributed by atoms with Gasteiger partial charge in [-0.25, -0.2) is 0 Å². The van der Waals surface area contributed by atoms with E-state index < -0.39 is 8.24 Å². The van der Waals surface area contributed by atoms with Crippen LogP contribution in [0.3, 0.4) is 0 Å². The molecular weight excluding hydrogens is 286 g/mol. The molecule has 0 aliphatic heterocycles. The van der Waals surface area contributed by atoms with Gasteiger partial charge >= 0.3 is 0 Å². The number of hydrogen-bond donors (Lipinski definition) is 0. The van der Waals surface area contributed by atoms with Crippen molar-refractivity contribution < 1.29 is 4.74 Å². The molecule has 0 spiro atoms. The van der Waals surface area contributed by atoms with Gasteiger partial charge in [-0.2, -0.15) is 0 Å². The first-order valence-corrected chi connectivity index (χ1v) is 10.6. The largest absolute Gasteiger partial charge is 0.495 e. The second kappa shape index (κ2) is 6.11. The number of hydrogen-bond acceptors (Lipinski definition) is 1. The zero-order valence-corrected chi connectivity index (χ0v) is 16.4. The lowest BCUT2D eigenvalue weighted by molar-refractivity contribution is 0.418. The monoisotopic (exact) mass is 317 g/mol. The first-order chi connectivity index (χ1) is 10.3. The Balaban J connectivity index is 2.89. The molecule has 0 fully saturated rings. The summed E-state index contributed by atoms with van der Waals surface area (Å²) in [5.41, 5.74) is 4.65. The van der Waals surface area contributed by atoms with E-state index in [0.29, 0.717) is 16.6 Å². The number of nitrogens with zero attached hydrogens (tertiary/aromatic N) is 1. The molecule has 22 heavy (non-hydrogen) atoms. The van der Waals surface area contributed by atoms with E-state index >= 15 is 0 Å². The summed E-state index contributed by atoms with van der Waals surface area (Å²) in [6.45, 7) is 16.6. The summed E-state index contributed by atoms with van der Waals surface area (Å²) in [4.78, 5) is 0. The molecule has 0 aliphatic carbocycles. The number of aryl methyl sites for hydroxylation is 1. The van der Waals surface area contributed by atoms with Gasteiger partial charge in [0.15, 0.2) is 8.24 Å². The second-order valence-electron chi connectivity index (χ2n) is 7.38. The SMILES string of the molecule is COc1ccc(C)c2ccn([Si](C(C)C)(C(C)C)C(C)C)c12. The van der Waals surface area contributed by atoms with Crippen LogP contribution < -0.4 is 4.74 Å². The van der Waals surface area contributed by atoms with Gasteiger partial charge in [0.2, 0.25) is 0 Å². The summed E-state index contributed by atoms with van der Waals surface area (Å²) in [5.74, 6) is 1.00. The molecule has 0 atom stereocenters. The number of ether oxygens (including phenoxy) is 1. The van der Waals surface area contributed by atoms with Gasteiger partial charge in [0.05, 0.1) is 12.6 Å².